The van der Waals surface area contributed by atoms with Gasteiger partial charge in [0, 0.05) is 7.05 Å². The molecule has 1 aliphatic rings. The molecule has 0 saturated carbocycles. The Hall–Kier alpha value is -1.55. The lowest BCUT2D eigenvalue weighted by Gasteiger charge is -2.26. The number of carbonyl (C=O) groups excluding carboxylic acids is 1. The van der Waals surface area contributed by atoms with Crippen molar-refractivity contribution in [1.29, 1.82) is 0 Å². The molecule has 0 atom stereocenters. The van der Waals surface area contributed by atoms with E-state index in [-0.39, 0.29) is 12.5 Å². The molecule has 17 heavy (non-hydrogen) atoms. The first-order valence-electron chi connectivity index (χ1n) is 5.94. The number of anilines is 1. The number of fused-ring (bicyclic) bond motifs is 1. The van der Waals surface area contributed by atoms with Crippen LogP contribution in [-0.2, 0) is 11.2 Å². The van der Waals surface area contributed by atoms with E-state index in [0.717, 1.165) is 37.2 Å². The van der Waals surface area contributed by atoms with Crippen LogP contribution in [0.2, 0.25) is 0 Å². The number of likely N-dealkylation sites (N-methyl/N-ethyl adjacent to an activating group) is 1. The monoisotopic (exact) mass is 234 g/mol. The fraction of sp³-hybridized carbons (Fsp3) is 0.462. The summed E-state index contributed by atoms with van der Waals surface area (Å²) in [5.41, 5.74) is 7.55. The Labute approximate surface area is 101 Å². The molecule has 0 saturated heterocycles. The van der Waals surface area contributed by atoms with E-state index in [1.807, 2.05) is 18.2 Å². The van der Waals surface area contributed by atoms with Crippen LogP contribution in [-0.4, -0.2) is 26.1 Å². The standard InChI is InChI=1S/C13H18N2O2/c1-15-11-6-5-10(4-2-3-7-14)8-12(11)17-9-13(15)16/h5-6,8H,2-4,7,9,14H2,1H3. The van der Waals surface area contributed by atoms with Gasteiger partial charge in [-0.3, -0.25) is 4.79 Å². The van der Waals surface area contributed by atoms with Crippen molar-refractivity contribution in [3.63, 3.8) is 0 Å². The third-order valence-electron chi connectivity index (χ3n) is 3.03. The van der Waals surface area contributed by atoms with E-state index >= 15 is 0 Å². The van der Waals surface area contributed by atoms with Crippen molar-refractivity contribution in [2.45, 2.75) is 19.3 Å². The Morgan fingerprint density at radius 1 is 1.41 bits per heavy atom. The highest BCUT2D eigenvalue weighted by Crippen LogP contribution is 2.32. The summed E-state index contributed by atoms with van der Waals surface area (Å²) in [4.78, 5) is 13.1. The Balaban J connectivity index is 2.12. The molecular formula is C13H18N2O2. The lowest BCUT2D eigenvalue weighted by atomic mass is 10.1. The van der Waals surface area contributed by atoms with Gasteiger partial charge in [0.25, 0.3) is 5.91 Å². The van der Waals surface area contributed by atoms with Gasteiger partial charge in [0.1, 0.15) is 5.75 Å². The Kier molecular flexibility index (Phi) is 3.64. The first kappa shape index (κ1) is 11.9. The second-order valence-electron chi connectivity index (χ2n) is 4.29. The van der Waals surface area contributed by atoms with Gasteiger partial charge in [0.15, 0.2) is 6.61 Å². The van der Waals surface area contributed by atoms with Crippen LogP contribution in [0.25, 0.3) is 0 Å². The van der Waals surface area contributed by atoms with Gasteiger partial charge in [-0.25, -0.2) is 0 Å². The van der Waals surface area contributed by atoms with Crippen LogP contribution in [0.1, 0.15) is 18.4 Å². The number of benzene rings is 1. The number of nitrogens with zero attached hydrogens (tertiary/aromatic N) is 1. The first-order chi connectivity index (χ1) is 8.22. The maximum Gasteiger partial charge on any atom is 0.264 e. The molecule has 4 heteroatoms. The largest absolute Gasteiger partial charge is 0.482 e. The molecule has 92 valence electrons. The predicted molar refractivity (Wildman–Crippen MR) is 67.3 cm³/mol. The molecule has 2 N–H and O–H groups in total. The minimum atomic E-state index is -0.00613. The zero-order valence-electron chi connectivity index (χ0n) is 10.1. The lowest BCUT2D eigenvalue weighted by molar-refractivity contribution is -0.120. The van der Waals surface area contributed by atoms with Crippen LogP contribution in [0.5, 0.6) is 5.75 Å². The van der Waals surface area contributed by atoms with E-state index in [0.29, 0.717) is 0 Å². The highest BCUT2D eigenvalue weighted by atomic mass is 16.5. The number of rotatable bonds is 4. The number of aryl methyl sites for hydroxylation is 1. The van der Waals surface area contributed by atoms with E-state index in [1.54, 1.807) is 11.9 Å². The zero-order valence-corrected chi connectivity index (χ0v) is 10.1. The smallest absolute Gasteiger partial charge is 0.264 e. The van der Waals surface area contributed by atoms with Gasteiger partial charge >= 0.3 is 0 Å². The third kappa shape index (κ3) is 2.58. The number of amides is 1. The highest BCUT2D eigenvalue weighted by Gasteiger charge is 2.21. The van der Waals surface area contributed by atoms with Crippen molar-refractivity contribution < 1.29 is 9.53 Å². The quantitative estimate of drug-likeness (QED) is 0.799. The zero-order chi connectivity index (χ0) is 12.3. The molecule has 1 heterocycles. The first-order valence-corrected chi connectivity index (χ1v) is 5.94. The van der Waals surface area contributed by atoms with Crippen molar-refractivity contribution in [2.24, 2.45) is 5.73 Å². The number of carbonyl (C=O) groups is 1. The number of nitrogens with two attached hydrogens (primary N) is 1. The summed E-state index contributed by atoms with van der Waals surface area (Å²) in [5.74, 6) is 0.797. The summed E-state index contributed by atoms with van der Waals surface area (Å²) in [6, 6.07) is 6.02. The van der Waals surface area contributed by atoms with Gasteiger partial charge in [0.2, 0.25) is 0 Å². The number of hydrogen-bond acceptors (Lipinski definition) is 3. The summed E-state index contributed by atoms with van der Waals surface area (Å²) in [6.07, 6.45) is 3.13. The summed E-state index contributed by atoms with van der Waals surface area (Å²) in [7, 11) is 1.78. The topological polar surface area (TPSA) is 55.6 Å². The third-order valence-corrected chi connectivity index (χ3v) is 3.03. The van der Waals surface area contributed by atoms with Crippen molar-refractivity contribution in [2.75, 3.05) is 25.1 Å². The Morgan fingerprint density at radius 3 is 3.00 bits per heavy atom. The molecule has 0 aliphatic carbocycles. The van der Waals surface area contributed by atoms with Crippen molar-refractivity contribution in [3.05, 3.63) is 23.8 Å². The van der Waals surface area contributed by atoms with Crippen LogP contribution < -0.4 is 15.4 Å². The Morgan fingerprint density at radius 2 is 2.24 bits per heavy atom. The van der Waals surface area contributed by atoms with Crippen LogP contribution >= 0.6 is 0 Å². The van der Waals surface area contributed by atoms with Crippen molar-refractivity contribution in [3.8, 4) is 5.75 Å². The van der Waals surface area contributed by atoms with Crippen LogP contribution in [0.15, 0.2) is 18.2 Å². The van der Waals surface area contributed by atoms with Crippen LogP contribution in [0.4, 0.5) is 5.69 Å². The minimum Gasteiger partial charge on any atom is -0.482 e. The fourth-order valence-electron chi connectivity index (χ4n) is 1.95. The molecule has 4 nitrogen and oxygen atoms in total. The van der Waals surface area contributed by atoms with E-state index in [2.05, 4.69) is 0 Å². The molecule has 0 bridgehead atoms. The van der Waals surface area contributed by atoms with E-state index < -0.39 is 0 Å². The lowest BCUT2D eigenvalue weighted by Crippen LogP contribution is -2.35. The van der Waals surface area contributed by atoms with E-state index in [1.165, 1.54) is 5.56 Å². The molecule has 1 aromatic carbocycles. The summed E-state index contributed by atoms with van der Waals surface area (Å²) in [6.45, 7) is 0.869. The van der Waals surface area contributed by atoms with Gasteiger partial charge in [-0.2, -0.15) is 0 Å². The average Bonchev–Trinajstić information content (AvgIpc) is 2.34. The van der Waals surface area contributed by atoms with Gasteiger partial charge < -0.3 is 15.4 Å². The summed E-state index contributed by atoms with van der Waals surface area (Å²) < 4.78 is 5.44. The SMILES string of the molecule is CN1C(=O)COc2cc(CCCCN)ccc21. The van der Waals surface area contributed by atoms with Crippen LogP contribution in [0.3, 0.4) is 0 Å². The highest BCUT2D eigenvalue weighted by molar-refractivity contribution is 5.97. The predicted octanol–water partition coefficient (Wildman–Crippen LogP) is 1.32. The van der Waals surface area contributed by atoms with Crippen molar-refractivity contribution >= 4 is 11.6 Å². The molecule has 0 radical (unpaired) electrons. The fourth-order valence-corrected chi connectivity index (χ4v) is 1.95. The molecule has 0 spiro atoms. The molecule has 1 aromatic rings. The average molecular weight is 234 g/mol. The van der Waals surface area contributed by atoms with Crippen LogP contribution in [0, 0.1) is 0 Å². The summed E-state index contributed by atoms with van der Waals surface area (Å²) >= 11 is 0. The molecule has 0 aromatic heterocycles. The molecule has 2 rings (SSSR count). The number of hydrogen-bond donors (Lipinski definition) is 1. The molecular weight excluding hydrogens is 216 g/mol. The maximum atomic E-state index is 11.4. The number of ether oxygens (including phenoxy) is 1. The van der Waals surface area contributed by atoms with E-state index in [9.17, 15) is 4.79 Å². The maximum absolute atomic E-state index is 11.4. The normalized spacial score (nSPS) is 14.5. The van der Waals surface area contributed by atoms with E-state index in [4.69, 9.17) is 10.5 Å². The number of unbranched alkanes of at least 4 members (excludes halogenated alkanes) is 1. The molecule has 0 fully saturated rings. The second kappa shape index (κ2) is 5.19. The molecule has 1 aliphatic heterocycles. The van der Waals surface area contributed by atoms with Gasteiger partial charge in [0.05, 0.1) is 5.69 Å². The van der Waals surface area contributed by atoms with Crippen molar-refractivity contribution in [1.82, 2.24) is 0 Å². The second-order valence-corrected chi connectivity index (χ2v) is 4.29. The van der Waals surface area contributed by atoms with Gasteiger partial charge in [-0.1, -0.05) is 6.07 Å². The van der Waals surface area contributed by atoms with Gasteiger partial charge in [-0.05, 0) is 43.5 Å². The minimum absolute atomic E-state index is 0.00613. The Bertz CT molecular complexity index is 418. The van der Waals surface area contributed by atoms with Gasteiger partial charge in [-0.15, -0.1) is 0 Å². The summed E-state index contributed by atoms with van der Waals surface area (Å²) in [5, 5.41) is 0. The molecule has 1 amide bonds. The molecule has 0 unspecified atom stereocenters.